The van der Waals surface area contributed by atoms with Crippen molar-refractivity contribution in [3.8, 4) is 11.1 Å². The summed E-state index contributed by atoms with van der Waals surface area (Å²) in [7, 11) is 0. The predicted octanol–water partition coefficient (Wildman–Crippen LogP) is 6.98. The van der Waals surface area contributed by atoms with Crippen LogP contribution >= 0.6 is 0 Å². The quantitative estimate of drug-likeness (QED) is 0.363. The number of H-pyrrole nitrogens is 1. The van der Waals surface area contributed by atoms with E-state index in [1.807, 2.05) is 18.2 Å². The Hall–Kier alpha value is -3.12. The van der Waals surface area contributed by atoms with Crippen LogP contribution in [0.4, 0.5) is 13.2 Å². The molecule has 2 N–H and O–H groups in total. The number of rotatable bonds is 4. The molecule has 2 atom stereocenters. The highest BCUT2D eigenvalue weighted by atomic mass is 19.4. The van der Waals surface area contributed by atoms with Gasteiger partial charge in [-0.1, -0.05) is 42.5 Å². The molecular weight excluding hydrogens is 411 g/mol. The lowest BCUT2D eigenvalue weighted by molar-refractivity contribution is -0.141. The number of aromatic nitrogens is 2. The first-order valence-corrected chi connectivity index (χ1v) is 10.9. The molecule has 5 rings (SSSR count). The number of benzene rings is 2. The summed E-state index contributed by atoms with van der Waals surface area (Å²) >= 11 is 0. The molecule has 2 aromatic carbocycles. The van der Waals surface area contributed by atoms with Gasteiger partial charge in [-0.15, -0.1) is 0 Å². The molecular formula is C26H24F3N3. The van der Waals surface area contributed by atoms with Crippen LogP contribution in [0.5, 0.6) is 0 Å². The Labute approximate surface area is 184 Å². The Balaban J connectivity index is 1.46. The number of halogens is 3. The molecule has 4 aromatic rings. The van der Waals surface area contributed by atoms with E-state index in [9.17, 15) is 13.2 Å². The summed E-state index contributed by atoms with van der Waals surface area (Å²) in [6, 6.07) is 19.4. The minimum Gasteiger partial charge on any atom is -0.357 e. The zero-order valence-electron chi connectivity index (χ0n) is 17.7. The largest absolute Gasteiger partial charge is 0.433 e. The first kappa shape index (κ1) is 20.8. The maximum atomic E-state index is 12.8. The zero-order chi connectivity index (χ0) is 22.3. The summed E-state index contributed by atoms with van der Waals surface area (Å²) in [5, 5.41) is 4.91. The number of fused-ring (bicyclic) bond motifs is 3. The standard InChI is InChI=1S/C26H24F3N3/c1-16(17-6-3-2-4-7-17)31-23-9-5-8-20-21-14-18(10-12-22(21)32-25(20)23)19-11-13-24(30-15-19)26(27,28)29/h2-4,6-7,10-16,23,31-32H,5,8-9H2,1H3. The highest BCUT2D eigenvalue weighted by Gasteiger charge is 2.32. The molecule has 0 fully saturated rings. The molecule has 32 heavy (non-hydrogen) atoms. The third-order valence-corrected chi connectivity index (χ3v) is 6.35. The molecule has 1 aliphatic carbocycles. The number of hydrogen-bond donors (Lipinski definition) is 2. The molecule has 6 heteroatoms. The number of pyridine rings is 1. The van der Waals surface area contributed by atoms with E-state index < -0.39 is 11.9 Å². The number of aromatic amines is 1. The lowest BCUT2D eigenvalue weighted by Gasteiger charge is -2.27. The molecule has 2 aromatic heterocycles. The van der Waals surface area contributed by atoms with Crippen molar-refractivity contribution in [3.63, 3.8) is 0 Å². The fourth-order valence-electron chi connectivity index (χ4n) is 4.68. The Bertz CT molecular complexity index is 1230. The van der Waals surface area contributed by atoms with Gasteiger partial charge in [0.05, 0.1) is 0 Å². The molecule has 164 valence electrons. The Morgan fingerprint density at radius 3 is 2.53 bits per heavy atom. The fraction of sp³-hybridized carbons (Fsp3) is 0.269. The number of nitrogens with one attached hydrogen (secondary N) is 2. The summed E-state index contributed by atoms with van der Waals surface area (Å²) in [6.45, 7) is 2.18. The Morgan fingerprint density at radius 2 is 1.81 bits per heavy atom. The average Bonchev–Trinajstić information content (AvgIpc) is 3.18. The van der Waals surface area contributed by atoms with E-state index in [2.05, 4.69) is 52.5 Å². The van der Waals surface area contributed by atoms with Crippen LogP contribution < -0.4 is 5.32 Å². The van der Waals surface area contributed by atoms with Gasteiger partial charge < -0.3 is 10.3 Å². The topological polar surface area (TPSA) is 40.7 Å². The first-order chi connectivity index (χ1) is 15.4. The molecule has 3 nitrogen and oxygen atoms in total. The minimum atomic E-state index is -4.43. The van der Waals surface area contributed by atoms with E-state index in [4.69, 9.17) is 0 Å². The van der Waals surface area contributed by atoms with Crippen LogP contribution in [0.1, 0.15) is 54.4 Å². The van der Waals surface area contributed by atoms with E-state index >= 15 is 0 Å². The molecule has 1 aliphatic rings. The van der Waals surface area contributed by atoms with Gasteiger partial charge in [-0.05, 0) is 61.1 Å². The second-order valence-electron chi connectivity index (χ2n) is 8.45. The normalized spacial score (nSPS) is 17.3. The van der Waals surface area contributed by atoms with Gasteiger partial charge >= 0.3 is 6.18 Å². The summed E-state index contributed by atoms with van der Waals surface area (Å²) in [6.07, 6.45) is 0.00982. The van der Waals surface area contributed by atoms with Crippen LogP contribution in [0.15, 0.2) is 66.9 Å². The monoisotopic (exact) mass is 435 g/mol. The van der Waals surface area contributed by atoms with Gasteiger partial charge in [0.1, 0.15) is 5.69 Å². The number of nitrogens with zero attached hydrogens (tertiary/aromatic N) is 1. The van der Waals surface area contributed by atoms with Crippen LogP contribution in [0.25, 0.3) is 22.0 Å². The summed E-state index contributed by atoms with van der Waals surface area (Å²) < 4.78 is 38.5. The Morgan fingerprint density at radius 1 is 1.03 bits per heavy atom. The molecule has 0 radical (unpaired) electrons. The molecule has 0 bridgehead atoms. The third-order valence-electron chi connectivity index (χ3n) is 6.35. The van der Waals surface area contributed by atoms with Gasteiger partial charge in [0.2, 0.25) is 0 Å². The van der Waals surface area contributed by atoms with Crippen molar-refractivity contribution in [1.82, 2.24) is 15.3 Å². The van der Waals surface area contributed by atoms with E-state index in [1.165, 1.54) is 29.1 Å². The smallest absolute Gasteiger partial charge is 0.357 e. The molecule has 0 saturated heterocycles. The fourth-order valence-corrected chi connectivity index (χ4v) is 4.68. The van der Waals surface area contributed by atoms with Crippen LogP contribution in [-0.4, -0.2) is 9.97 Å². The SMILES string of the molecule is CC(NC1CCCc2c1[nH]c1ccc(-c3ccc(C(F)(F)F)nc3)cc21)c1ccccc1. The van der Waals surface area contributed by atoms with Crippen LogP contribution in [-0.2, 0) is 12.6 Å². The van der Waals surface area contributed by atoms with E-state index in [0.717, 1.165) is 41.8 Å². The van der Waals surface area contributed by atoms with E-state index in [0.29, 0.717) is 5.56 Å². The molecule has 0 aliphatic heterocycles. The van der Waals surface area contributed by atoms with Gasteiger partial charge in [0, 0.05) is 40.4 Å². The lowest BCUT2D eigenvalue weighted by Crippen LogP contribution is -2.27. The number of hydrogen-bond acceptors (Lipinski definition) is 2. The Kier molecular flexibility index (Phi) is 5.25. The van der Waals surface area contributed by atoms with Gasteiger partial charge in [-0.25, -0.2) is 0 Å². The van der Waals surface area contributed by atoms with Crippen LogP contribution in [0.2, 0.25) is 0 Å². The van der Waals surface area contributed by atoms with Crippen molar-refractivity contribution >= 4 is 10.9 Å². The van der Waals surface area contributed by atoms with Crippen molar-refractivity contribution in [2.75, 3.05) is 0 Å². The third kappa shape index (κ3) is 3.91. The van der Waals surface area contributed by atoms with Crippen molar-refractivity contribution < 1.29 is 13.2 Å². The highest BCUT2D eigenvalue weighted by molar-refractivity contribution is 5.89. The van der Waals surface area contributed by atoms with Gasteiger partial charge in [0.15, 0.2) is 0 Å². The van der Waals surface area contributed by atoms with Gasteiger partial charge in [-0.3, -0.25) is 4.98 Å². The summed E-state index contributed by atoms with van der Waals surface area (Å²) in [5.41, 5.74) is 5.50. The van der Waals surface area contributed by atoms with Gasteiger partial charge in [-0.2, -0.15) is 13.2 Å². The average molecular weight is 435 g/mol. The van der Waals surface area contributed by atoms with Gasteiger partial charge in [0.25, 0.3) is 0 Å². The van der Waals surface area contributed by atoms with Crippen molar-refractivity contribution in [2.24, 2.45) is 0 Å². The molecule has 0 saturated carbocycles. The second-order valence-corrected chi connectivity index (χ2v) is 8.45. The van der Waals surface area contributed by atoms with E-state index in [-0.39, 0.29) is 12.1 Å². The lowest BCUT2D eigenvalue weighted by atomic mass is 9.90. The maximum Gasteiger partial charge on any atom is 0.433 e. The van der Waals surface area contributed by atoms with Crippen molar-refractivity contribution in [1.29, 1.82) is 0 Å². The van der Waals surface area contributed by atoms with Crippen molar-refractivity contribution in [3.05, 3.63) is 89.4 Å². The molecule has 0 spiro atoms. The number of alkyl halides is 3. The first-order valence-electron chi connectivity index (χ1n) is 10.9. The molecule has 2 heterocycles. The van der Waals surface area contributed by atoms with Crippen molar-refractivity contribution in [2.45, 2.75) is 44.4 Å². The van der Waals surface area contributed by atoms with Crippen LogP contribution in [0.3, 0.4) is 0 Å². The summed E-state index contributed by atoms with van der Waals surface area (Å²) in [5.74, 6) is 0. The highest BCUT2D eigenvalue weighted by Crippen LogP contribution is 2.38. The number of aryl methyl sites for hydroxylation is 1. The predicted molar refractivity (Wildman–Crippen MR) is 120 cm³/mol. The molecule has 0 amide bonds. The maximum absolute atomic E-state index is 12.8. The second kappa shape index (κ2) is 8.10. The zero-order valence-corrected chi connectivity index (χ0v) is 17.7. The minimum absolute atomic E-state index is 0.229. The van der Waals surface area contributed by atoms with Crippen LogP contribution in [0, 0.1) is 0 Å². The molecule has 2 unspecified atom stereocenters. The van der Waals surface area contributed by atoms with E-state index in [1.54, 1.807) is 0 Å². The summed E-state index contributed by atoms with van der Waals surface area (Å²) in [4.78, 5) is 7.22.